The molecule has 0 aliphatic heterocycles. The van der Waals surface area contributed by atoms with Crippen molar-refractivity contribution >= 4 is 11.8 Å². The van der Waals surface area contributed by atoms with Crippen LogP contribution in [0, 0.1) is 12.3 Å². The van der Waals surface area contributed by atoms with Crippen LogP contribution in [0.2, 0.25) is 0 Å². The summed E-state index contributed by atoms with van der Waals surface area (Å²) >= 11 is 0. The van der Waals surface area contributed by atoms with E-state index in [4.69, 9.17) is 11.1 Å². The molecule has 0 spiro atoms. The highest BCUT2D eigenvalue weighted by Gasteiger charge is 2.23. The second-order valence-electron chi connectivity index (χ2n) is 5.32. The Labute approximate surface area is 119 Å². The van der Waals surface area contributed by atoms with E-state index in [0.717, 1.165) is 18.5 Å². The van der Waals surface area contributed by atoms with E-state index in [0.29, 0.717) is 24.2 Å². The number of nitrogens with one attached hydrogen (secondary N) is 1. The van der Waals surface area contributed by atoms with Gasteiger partial charge in [-0.05, 0) is 25.8 Å². The molecule has 6 nitrogen and oxygen atoms in total. The number of aliphatic hydroxyl groups excluding tert-OH is 1. The number of aryl methyl sites for hydroxylation is 1. The molecule has 1 aliphatic rings. The molecule has 0 aromatic carbocycles. The fourth-order valence-electron chi connectivity index (χ4n) is 2.77. The molecule has 0 radical (unpaired) electrons. The van der Waals surface area contributed by atoms with Crippen LogP contribution in [0.1, 0.15) is 43.5 Å². The molecule has 1 aromatic rings. The van der Waals surface area contributed by atoms with Crippen LogP contribution in [-0.4, -0.2) is 40.1 Å². The van der Waals surface area contributed by atoms with Crippen LogP contribution in [0.3, 0.4) is 0 Å². The number of nitrogen functional groups attached to an aromatic ring is 1. The summed E-state index contributed by atoms with van der Waals surface area (Å²) in [7, 11) is 0. The first-order valence-electron chi connectivity index (χ1n) is 7.19. The number of hydrogen-bond acceptors (Lipinski definition) is 5. The fourth-order valence-corrected chi connectivity index (χ4v) is 2.77. The van der Waals surface area contributed by atoms with Crippen LogP contribution in [0.15, 0.2) is 6.07 Å². The van der Waals surface area contributed by atoms with Crippen molar-refractivity contribution in [3.8, 4) is 0 Å². The van der Waals surface area contributed by atoms with Gasteiger partial charge in [-0.15, -0.1) is 0 Å². The lowest BCUT2D eigenvalue weighted by Crippen LogP contribution is -2.40. The predicted octanol–water partition coefficient (Wildman–Crippen LogP) is 1.20. The lowest BCUT2D eigenvalue weighted by atomic mass is 9.94. The van der Waals surface area contributed by atoms with Crippen LogP contribution in [0.4, 0.5) is 5.95 Å². The molecule has 1 aliphatic carbocycles. The molecule has 6 heteroatoms. The van der Waals surface area contributed by atoms with Gasteiger partial charge < -0.3 is 15.7 Å². The van der Waals surface area contributed by atoms with Gasteiger partial charge in [0.2, 0.25) is 5.95 Å². The Kier molecular flexibility index (Phi) is 4.89. The molecule has 0 bridgehead atoms. The summed E-state index contributed by atoms with van der Waals surface area (Å²) in [6.45, 7) is 2.46. The van der Waals surface area contributed by atoms with Gasteiger partial charge in [-0.3, -0.25) is 5.41 Å². The molecular formula is C14H23N5O. The highest BCUT2D eigenvalue weighted by molar-refractivity contribution is 5.93. The summed E-state index contributed by atoms with van der Waals surface area (Å²) in [6, 6.07) is 2.08. The van der Waals surface area contributed by atoms with Crippen molar-refractivity contribution in [2.45, 2.75) is 45.1 Å². The Hall–Kier alpha value is -1.69. The minimum atomic E-state index is -0.0515. The highest BCUT2D eigenvalue weighted by atomic mass is 16.3. The van der Waals surface area contributed by atoms with Gasteiger partial charge in [0, 0.05) is 18.3 Å². The molecule has 1 fully saturated rings. The molecule has 0 amide bonds. The molecule has 0 unspecified atom stereocenters. The van der Waals surface area contributed by atoms with Crippen molar-refractivity contribution in [1.29, 1.82) is 5.41 Å². The summed E-state index contributed by atoms with van der Waals surface area (Å²) in [5.74, 6) is 0.528. The van der Waals surface area contributed by atoms with E-state index in [1.54, 1.807) is 6.07 Å². The van der Waals surface area contributed by atoms with Crippen LogP contribution in [-0.2, 0) is 0 Å². The van der Waals surface area contributed by atoms with Gasteiger partial charge in [-0.25, -0.2) is 9.97 Å². The van der Waals surface area contributed by atoms with E-state index in [-0.39, 0.29) is 12.4 Å². The number of hydrogen-bond donors (Lipinski definition) is 3. The maximum absolute atomic E-state index is 9.31. The van der Waals surface area contributed by atoms with Gasteiger partial charge in [0.25, 0.3) is 0 Å². The number of aromatic nitrogens is 2. The standard InChI is InChI=1S/C14H23N5O/c1-10-9-12(13(15)16)18-14(17-10)19(7-8-20)11-5-3-2-4-6-11/h9,11,20H,2-8H2,1H3,(H3,15,16). The maximum atomic E-state index is 9.31. The molecule has 1 heterocycles. The van der Waals surface area contributed by atoms with Crippen molar-refractivity contribution < 1.29 is 5.11 Å². The van der Waals surface area contributed by atoms with Gasteiger partial charge in [-0.2, -0.15) is 0 Å². The predicted molar refractivity (Wildman–Crippen MR) is 79.1 cm³/mol. The van der Waals surface area contributed by atoms with E-state index < -0.39 is 0 Å². The van der Waals surface area contributed by atoms with Crippen LogP contribution < -0.4 is 10.6 Å². The fraction of sp³-hybridized carbons (Fsp3) is 0.643. The number of rotatable bonds is 5. The molecule has 0 atom stereocenters. The van der Waals surface area contributed by atoms with Gasteiger partial charge in [-0.1, -0.05) is 19.3 Å². The van der Waals surface area contributed by atoms with Gasteiger partial charge >= 0.3 is 0 Å². The number of aliphatic hydroxyl groups is 1. The Morgan fingerprint density at radius 1 is 1.40 bits per heavy atom. The molecule has 2 rings (SSSR count). The van der Waals surface area contributed by atoms with E-state index in [1.807, 2.05) is 6.92 Å². The Morgan fingerprint density at radius 2 is 2.10 bits per heavy atom. The molecule has 110 valence electrons. The lowest BCUT2D eigenvalue weighted by molar-refractivity contribution is 0.288. The summed E-state index contributed by atoms with van der Waals surface area (Å²) in [5, 5.41) is 16.8. The maximum Gasteiger partial charge on any atom is 0.226 e. The van der Waals surface area contributed by atoms with Crippen molar-refractivity contribution in [1.82, 2.24) is 9.97 Å². The number of amidine groups is 1. The molecule has 20 heavy (non-hydrogen) atoms. The van der Waals surface area contributed by atoms with Crippen molar-refractivity contribution in [2.75, 3.05) is 18.1 Å². The Bertz CT molecular complexity index is 471. The summed E-state index contributed by atoms with van der Waals surface area (Å²) < 4.78 is 0. The van der Waals surface area contributed by atoms with E-state index in [2.05, 4.69) is 14.9 Å². The zero-order valence-corrected chi connectivity index (χ0v) is 12.0. The SMILES string of the molecule is Cc1cc(C(=N)N)nc(N(CCO)C2CCCCC2)n1. The first-order valence-corrected chi connectivity index (χ1v) is 7.19. The molecule has 1 saturated carbocycles. The number of nitrogens with two attached hydrogens (primary N) is 1. The molecule has 1 aromatic heterocycles. The van der Waals surface area contributed by atoms with Crippen LogP contribution in [0.25, 0.3) is 0 Å². The van der Waals surface area contributed by atoms with Gasteiger partial charge in [0.05, 0.1) is 6.61 Å². The third kappa shape index (κ3) is 3.45. The average Bonchev–Trinajstić information content (AvgIpc) is 2.45. The van der Waals surface area contributed by atoms with E-state index in [9.17, 15) is 5.11 Å². The molecular weight excluding hydrogens is 254 g/mol. The topological polar surface area (TPSA) is 99.1 Å². The first kappa shape index (κ1) is 14.7. The van der Waals surface area contributed by atoms with E-state index in [1.165, 1.54) is 19.3 Å². The normalized spacial score (nSPS) is 16.1. The number of nitrogens with zero attached hydrogens (tertiary/aromatic N) is 3. The zero-order valence-electron chi connectivity index (χ0n) is 12.0. The summed E-state index contributed by atoms with van der Waals surface area (Å²) in [6.07, 6.45) is 5.90. The highest BCUT2D eigenvalue weighted by Crippen LogP contribution is 2.25. The van der Waals surface area contributed by atoms with E-state index >= 15 is 0 Å². The van der Waals surface area contributed by atoms with Crippen molar-refractivity contribution in [3.05, 3.63) is 17.5 Å². The van der Waals surface area contributed by atoms with Crippen molar-refractivity contribution in [2.24, 2.45) is 5.73 Å². The smallest absolute Gasteiger partial charge is 0.226 e. The lowest BCUT2D eigenvalue weighted by Gasteiger charge is -2.34. The minimum absolute atomic E-state index is 0.0515. The van der Waals surface area contributed by atoms with Crippen LogP contribution in [0.5, 0.6) is 0 Å². The van der Waals surface area contributed by atoms with Crippen LogP contribution >= 0.6 is 0 Å². The summed E-state index contributed by atoms with van der Waals surface area (Å²) in [4.78, 5) is 10.9. The quantitative estimate of drug-likeness (QED) is 0.555. The molecule has 4 N–H and O–H groups in total. The monoisotopic (exact) mass is 277 g/mol. The first-order chi connectivity index (χ1) is 9.61. The average molecular weight is 277 g/mol. The van der Waals surface area contributed by atoms with Gasteiger partial charge in [0.1, 0.15) is 11.5 Å². The van der Waals surface area contributed by atoms with Gasteiger partial charge in [0.15, 0.2) is 0 Å². The zero-order chi connectivity index (χ0) is 14.5. The molecule has 0 saturated heterocycles. The Balaban J connectivity index is 2.30. The largest absolute Gasteiger partial charge is 0.395 e. The Morgan fingerprint density at radius 3 is 2.70 bits per heavy atom. The summed E-state index contributed by atoms with van der Waals surface area (Å²) in [5.41, 5.74) is 6.77. The second-order valence-corrected chi connectivity index (χ2v) is 5.32. The minimum Gasteiger partial charge on any atom is -0.395 e. The second kappa shape index (κ2) is 6.65. The number of anilines is 1. The third-order valence-electron chi connectivity index (χ3n) is 3.73. The van der Waals surface area contributed by atoms with Crippen molar-refractivity contribution in [3.63, 3.8) is 0 Å². The third-order valence-corrected chi connectivity index (χ3v) is 3.73.